The average Bonchev–Trinajstić information content (AvgIpc) is 2.88. The molecule has 2 aromatic heterocycles. The van der Waals surface area contributed by atoms with Gasteiger partial charge in [0, 0.05) is 37.2 Å². The largest absolute Gasteiger partial charge is 0.356 e. The van der Waals surface area contributed by atoms with Crippen molar-refractivity contribution in [3.63, 3.8) is 0 Å². The molecule has 2 fully saturated rings. The van der Waals surface area contributed by atoms with Crippen molar-refractivity contribution in [3.05, 3.63) is 23.7 Å². The van der Waals surface area contributed by atoms with Crippen molar-refractivity contribution >= 4 is 28.9 Å². The first kappa shape index (κ1) is 12.8. The van der Waals surface area contributed by atoms with Gasteiger partial charge in [0.15, 0.2) is 0 Å². The third kappa shape index (κ3) is 2.51. The molecule has 2 aromatic rings. The second kappa shape index (κ2) is 4.80. The SMILES string of the molecule is CC(=O)Nc1csc(-c2ccc(N3CC4CC4C3)nc2)n1. The molecule has 0 bridgehead atoms. The number of pyridine rings is 1. The molecule has 1 saturated heterocycles. The third-order valence-corrected chi connectivity index (χ3v) is 5.00. The van der Waals surface area contributed by atoms with Gasteiger partial charge in [0.2, 0.25) is 5.91 Å². The van der Waals surface area contributed by atoms with E-state index in [1.165, 1.54) is 24.7 Å². The van der Waals surface area contributed by atoms with E-state index in [1.807, 2.05) is 11.6 Å². The van der Waals surface area contributed by atoms with Crippen molar-refractivity contribution in [2.24, 2.45) is 11.8 Å². The van der Waals surface area contributed by atoms with Gasteiger partial charge in [-0.1, -0.05) is 0 Å². The van der Waals surface area contributed by atoms with E-state index >= 15 is 0 Å². The average molecular weight is 300 g/mol. The monoisotopic (exact) mass is 300 g/mol. The number of anilines is 2. The molecule has 2 aliphatic rings. The Labute approximate surface area is 127 Å². The van der Waals surface area contributed by atoms with Crippen LogP contribution < -0.4 is 10.2 Å². The van der Waals surface area contributed by atoms with Crippen LogP contribution in [0.15, 0.2) is 23.7 Å². The molecule has 5 nitrogen and oxygen atoms in total. The maximum absolute atomic E-state index is 11.0. The van der Waals surface area contributed by atoms with E-state index in [9.17, 15) is 4.79 Å². The van der Waals surface area contributed by atoms with Crippen molar-refractivity contribution < 1.29 is 4.79 Å². The Hall–Kier alpha value is -1.95. The van der Waals surface area contributed by atoms with E-state index < -0.39 is 0 Å². The predicted octanol–water partition coefficient (Wildman–Crippen LogP) is 2.62. The molecule has 1 aliphatic heterocycles. The lowest BCUT2D eigenvalue weighted by Gasteiger charge is -2.18. The lowest BCUT2D eigenvalue weighted by Crippen LogP contribution is -2.22. The van der Waals surface area contributed by atoms with Crippen LogP contribution >= 0.6 is 11.3 Å². The third-order valence-electron chi connectivity index (χ3n) is 4.11. The number of rotatable bonds is 3. The highest BCUT2D eigenvalue weighted by atomic mass is 32.1. The van der Waals surface area contributed by atoms with Gasteiger partial charge in [0.25, 0.3) is 0 Å². The quantitative estimate of drug-likeness (QED) is 0.946. The molecule has 0 spiro atoms. The second-order valence-electron chi connectivity index (χ2n) is 5.79. The van der Waals surface area contributed by atoms with E-state index in [1.54, 1.807) is 0 Å². The second-order valence-corrected chi connectivity index (χ2v) is 6.64. The molecule has 1 aliphatic carbocycles. The fraction of sp³-hybridized carbons (Fsp3) is 0.400. The summed E-state index contributed by atoms with van der Waals surface area (Å²) in [6.45, 7) is 3.79. The molecular formula is C15H16N4OS. The summed E-state index contributed by atoms with van der Waals surface area (Å²) < 4.78 is 0. The number of carbonyl (C=O) groups is 1. The molecule has 6 heteroatoms. The number of nitrogens with zero attached hydrogens (tertiary/aromatic N) is 3. The van der Waals surface area contributed by atoms with E-state index in [-0.39, 0.29) is 5.91 Å². The Bertz CT molecular complexity index is 671. The summed E-state index contributed by atoms with van der Waals surface area (Å²) >= 11 is 1.51. The number of thiazole rings is 1. The molecule has 0 radical (unpaired) electrons. The molecule has 0 aromatic carbocycles. The van der Waals surface area contributed by atoms with Crippen LogP contribution in [0, 0.1) is 11.8 Å². The number of piperidine rings is 1. The molecule has 2 unspecified atom stereocenters. The maximum atomic E-state index is 11.0. The topological polar surface area (TPSA) is 58.1 Å². The maximum Gasteiger partial charge on any atom is 0.222 e. The molecular weight excluding hydrogens is 284 g/mol. The van der Waals surface area contributed by atoms with E-state index in [0.717, 1.165) is 41.3 Å². The Balaban J connectivity index is 1.50. The zero-order valence-electron chi connectivity index (χ0n) is 11.7. The van der Waals surface area contributed by atoms with Gasteiger partial charge >= 0.3 is 0 Å². The van der Waals surface area contributed by atoms with Gasteiger partial charge in [-0.05, 0) is 30.4 Å². The van der Waals surface area contributed by atoms with Crippen LogP contribution in [-0.2, 0) is 4.79 Å². The first-order valence-corrected chi connectivity index (χ1v) is 8.01. The zero-order chi connectivity index (χ0) is 14.4. The fourth-order valence-electron chi connectivity index (χ4n) is 2.93. The summed E-state index contributed by atoms with van der Waals surface area (Å²) in [7, 11) is 0. The van der Waals surface area contributed by atoms with Crippen molar-refractivity contribution in [1.29, 1.82) is 0 Å². The molecule has 2 atom stereocenters. The van der Waals surface area contributed by atoms with Gasteiger partial charge < -0.3 is 10.2 Å². The Morgan fingerprint density at radius 3 is 2.86 bits per heavy atom. The molecule has 21 heavy (non-hydrogen) atoms. The first-order chi connectivity index (χ1) is 10.2. The number of hydrogen-bond acceptors (Lipinski definition) is 5. The summed E-state index contributed by atoms with van der Waals surface area (Å²) in [5.41, 5.74) is 0.990. The Kier molecular flexibility index (Phi) is 2.92. The zero-order valence-corrected chi connectivity index (χ0v) is 12.6. The summed E-state index contributed by atoms with van der Waals surface area (Å²) in [6, 6.07) is 4.13. The minimum absolute atomic E-state index is 0.104. The smallest absolute Gasteiger partial charge is 0.222 e. The minimum atomic E-state index is -0.104. The normalized spacial score (nSPS) is 23.0. The van der Waals surface area contributed by atoms with Gasteiger partial charge in [0.05, 0.1) is 0 Å². The van der Waals surface area contributed by atoms with Gasteiger partial charge in [-0.25, -0.2) is 9.97 Å². The van der Waals surface area contributed by atoms with Gasteiger partial charge in [-0.15, -0.1) is 11.3 Å². The molecule has 4 rings (SSSR count). The van der Waals surface area contributed by atoms with Gasteiger partial charge in [-0.2, -0.15) is 0 Å². The van der Waals surface area contributed by atoms with E-state index in [2.05, 4.69) is 32.3 Å². The number of fused-ring (bicyclic) bond motifs is 1. The van der Waals surface area contributed by atoms with Crippen molar-refractivity contribution in [3.8, 4) is 10.6 Å². The molecule has 1 saturated carbocycles. The van der Waals surface area contributed by atoms with Crippen LogP contribution in [0.3, 0.4) is 0 Å². The van der Waals surface area contributed by atoms with Crippen LogP contribution in [0.1, 0.15) is 13.3 Å². The number of aromatic nitrogens is 2. The lowest BCUT2D eigenvalue weighted by molar-refractivity contribution is -0.114. The summed E-state index contributed by atoms with van der Waals surface area (Å²) in [6.07, 6.45) is 3.27. The molecule has 1 N–H and O–H groups in total. The van der Waals surface area contributed by atoms with Crippen LogP contribution in [0.4, 0.5) is 11.6 Å². The Morgan fingerprint density at radius 2 is 2.19 bits per heavy atom. The molecule has 3 heterocycles. The van der Waals surface area contributed by atoms with Gasteiger partial charge in [0.1, 0.15) is 16.6 Å². The van der Waals surface area contributed by atoms with Crippen molar-refractivity contribution in [2.75, 3.05) is 23.3 Å². The summed E-state index contributed by atoms with van der Waals surface area (Å²) in [4.78, 5) is 22.4. The minimum Gasteiger partial charge on any atom is -0.356 e. The highest BCUT2D eigenvalue weighted by molar-refractivity contribution is 7.13. The number of hydrogen-bond donors (Lipinski definition) is 1. The van der Waals surface area contributed by atoms with E-state index in [0.29, 0.717) is 5.82 Å². The van der Waals surface area contributed by atoms with Crippen LogP contribution in [-0.4, -0.2) is 29.0 Å². The van der Waals surface area contributed by atoms with Crippen LogP contribution in [0.25, 0.3) is 10.6 Å². The predicted molar refractivity (Wildman–Crippen MR) is 83.5 cm³/mol. The summed E-state index contributed by atoms with van der Waals surface area (Å²) in [5.74, 6) is 3.38. The number of carbonyl (C=O) groups excluding carboxylic acids is 1. The standard InChI is InChI=1S/C15H16N4OS/c1-9(20)17-13-8-21-15(18-13)10-2-3-14(16-5-10)19-6-11-4-12(11)7-19/h2-3,5,8,11-12H,4,6-7H2,1H3,(H,17,20). The fourth-order valence-corrected chi connectivity index (χ4v) is 3.67. The Morgan fingerprint density at radius 1 is 1.38 bits per heavy atom. The van der Waals surface area contributed by atoms with Crippen LogP contribution in [0.5, 0.6) is 0 Å². The lowest BCUT2D eigenvalue weighted by atomic mass is 10.3. The molecule has 1 amide bonds. The highest BCUT2D eigenvalue weighted by Gasteiger charge is 2.45. The van der Waals surface area contributed by atoms with Gasteiger partial charge in [-0.3, -0.25) is 4.79 Å². The van der Waals surface area contributed by atoms with Crippen LogP contribution in [0.2, 0.25) is 0 Å². The first-order valence-electron chi connectivity index (χ1n) is 7.13. The molecule has 108 valence electrons. The highest BCUT2D eigenvalue weighted by Crippen LogP contribution is 2.45. The van der Waals surface area contributed by atoms with Crippen molar-refractivity contribution in [1.82, 2.24) is 9.97 Å². The number of amides is 1. The van der Waals surface area contributed by atoms with E-state index in [4.69, 9.17) is 0 Å². The number of nitrogens with one attached hydrogen (secondary N) is 1. The van der Waals surface area contributed by atoms with Crippen molar-refractivity contribution in [2.45, 2.75) is 13.3 Å². The summed E-state index contributed by atoms with van der Waals surface area (Å²) in [5, 5.41) is 5.42.